The van der Waals surface area contributed by atoms with Crippen molar-refractivity contribution in [3.63, 3.8) is 0 Å². The zero-order valence-corrected chi connectivity index (χ0v) is 9.55. The van der Waals surface area contributed by atoms with Crippen molar-refractivity contribution >= 4 is 11.8 Å². The number of halogens is 2. The Bertz CT molecular complexity index is 496. The molecule has 2 aromatic rings. The topological polar surface area (TPSA) is 33.1 Å². The van der Waals surface area contributed by atoms with E-state index in [4.69, 9.17) is 5.11 Å². The Labute approximate surface area is 101 Å². The molecule has 88 valence electrons. The molecule has 1 aromatic carbocycles. The Morgan fingerprint density at radius 3 is 2.29 bits per heavy atom. The zero-order chi connectivity index (χ0) is 12.3. The molecule has 2 rings (SSSR count). The second kappa shape index (κ2) is 5.14. The molecule has 0 atom stereocenters. The Hall–Kier alpha value is -1.62. The molecule has 1 heterocycles. The lowest BCUT2D eigenvalue weighted by atomic mass is 10.2. The van der Waals surface area contributed by atoms with Gasteiger partial charge in [-0.15, -0.1) is 11.8 Å². The van der Waals surface area contributed by atoms with Gasteiger partial charge in [-0.05, 0) is 29.8 Å². The summed E-state index contributed by atoms with van der Waals surface area (Å²) in [5.74, 6) is -2.37. The molecular weight excluding hydrogens is 244 g/mol. The van der Waals surface area contributed by atoms with Crippen molar-refractivity contribution in [1.82, 2.24) is 4.98 Å². The number of nitrogens with zero attached hydrogens (tertiary/aromatic N) is 1. The molecule has 0 fully saturated rings. The van der Waals surface area contributed by atoms with Gasteiger partial charge in [0.2, 0.25) is 0 Å². The summed E-state index contributed by atoms with van der Waals surface area (Å²) in [5.41, 5.74) is 0.486. The molecule has 0 unspecified atom stereocenters. The minimum absolute atomic E-state index is 0.429. The van der Waals surface area contributed by atoms with E-state index < -0.39 is 17.4 Å². The van der Waals surface area contributed by atoms with E-state index in [-0.39, 0.29) is 0 Å². The quantitative estimate of drug-likeness (QED) is 0.851. The van der Waals surface area contributed by atoms with Crippen molar-refractivity contribution < 1.29 is 13.9 Å². The highest BCUT2D eigenvalue weighted by Crippen LogP contribution is 2.26. The van der Waals surface area contributed by atoms with Crippen LogP contribution >= 0.6 is 11.8 Å². The second-order valence-corrected chi connectivity index (χ2v) is 4.43. The van der Waals surface area contributed by atoms with Gasteiger partial charge in [-0.2, -0.15) is 0 Å². The van der Waals surface area contributed by atoms with Crippen molar-refractivity contribution in [2.75, 3.05) is 0 Å². The highest BCUT2D eigenvalue weighted by atomic mass is 32.2. The van der Waals surface area contributed by atoms with Gasteiger partial charge in [0.15, 0.2) is 17.4 Å². The van der Waals surface area contributed by atoms with E-state index in [0.29, 0.717) is 11.3 Å². The predicted octanol–water partition coefficient (Wildman–Crippen LogP) is 3.36. The molecule has 0 aliphatic heterocycles. The normalized spacial score (nSPS) is 10.5. The molecule has 1 aromatic heterocycles. The molecule has 0 aliphatic carbocycles. The number of hydrogen-bond acceptors (Lipinski definition) is 3. The molecule has 17 heavy (non-hydrogen) atoms. The summed E-state index contributed by atoms with van der Waals surface area (Å²) in [5, 5.41) is 8.95. The molecule has 0 spiro atoms. The van der Waals surface area contributed by atoms with Gasteiger partial charge in [0.05, 0.1) is 0 Å². The van der Waals surface area contributed by atoms with Crippen LogP contribution in [0.25, 0.3) is 0 Å². The maximum absolute atomic E-state index is 13.1. The Kier molecular flexibility index (Phi) is 3.58. The third-order valence-corrected chi connectivity index (χ3v) is 3.22. The van der Waals surface area contributed by atoms with E-state index in [0.717, 1.165) is 17.0 Å². The number of benzene rings is 1. The van der Waals surface area contributed by atoms with E-state index in [1.807, 2.05) is 12.1 Å². The van der Waals surface area contributed by atoms with E-state index in [1.54, 1.807) is 12.4 Å². The largest absolute Gasteiger partial charge is 0.503 e. The first kappa shape index (κ1) is 11.9. The van der Waals surface area contributed by atoms with Crippen molar-refractivity contribution in [3.05, 3.63) is 53.9 Å². The first-order chi connectivity index (χ1) is 8.16. The van der Waals surface area contributed by atoms with Crippen LogP contribution in [0.5, 0.6) is 5.75 Å². The van der Waals surface area contributed by atoms with Crippen molar-refractivity contribution in [3.8, 4) is 5.75 Å². The summed E-state index contributed by atoms with van der Waals surface area (Å²) in [7, 11) is 0. The van der Waals surface area contributed by atoms with Crippen LogP contribution in [0.2, 0.25) is 0 Å². The van der Waals surface area contributed by atoms with Gasteiger partial charge < -0.3 is 5.11 Å². The van der Waals surface area contributed by atoms with E-state index >= 15 is 0 Å². The molecule has 5 heteroatoms. The third kappa shape index (κ3) is 2.94. The lowest BCUT2D eigenvalue weighted by molar-refractivity contribution is 0.395. The number of thioether (sulfide) groups is 1. The van der Waals surface area contributed by atoms with Gasteiger partial charge in [0.1, 0.15) is 0 Å². The molecule has 0 amide bonds. The number of aromatic hydroxyl groups is 1. The van der Waals surface area contributed by atoms with Gasteiger partial charge >= 0.3 is 0 Å². The molecule has 0 bridgehead atoms. The van der Waals surface area contributed by atoms with E-state index in [2.05, 4.69) is 4.98 Å². The maximum atomic E-state index is 13.1. The van der Waals surface area contributed by atoms with Gasteiger partial charge in [-0.3, -0.25) is 4.98 Å². The van der Waals surface area contributed by atoms with Crippen LogP contribution < -0.4 is 0 Å². The van der Waals surface area contributed by atoms with Crippen LogP contribution in [0.4, 0.5) is 8.78 Å². The van der Waals surface area contributed by atoms with E-state index in [1.165, 1.54) is 11.8 Å². The fourth-order valence-electron chi connectivity index (χ4n) is 1.30. The number of phenolic OH excluding ortho intramolecular Hbond substituents is 1. The molecule has 1 N–H and O–H groups in total. The smallest absolute Gasteiger partial charge is 0.187 e. The number of aromatic nitrogens is 1. The van der Waals surface area contributed by atoms with Crippen molar-refractivity contribution in [2.45, 2.75) is 10.6 Å². The lowest BCUT2D eigenvalue weighted by Crippen LogP contribution is -1.88. The number of hydrogen-bond donors (Lipinski definition) is 1. The summed E-state index contributed by atoms with van der Waals surface area (Å²) in [4.78, 5) is 4.84. The molecular formula is C12H9F2NOS. The predicted molar refractivity (Wildman–Crippen MR) is 61.8 cm³/mol. The number of phenols is 1. The lowest BCUT2D eigenvalue weighted by Gasteiger charge is -2.04. The standard InChI is InChI=1S/C12H9F2NOS/c13-10-5-8(6-11(14)12(10)16)7-17-9-1-3-15-4-2-9/h1-6,16H,7H2. The van der Waals surface area contributed by atoms with Crippen LogP contribution in [0.3, 0.4) is 0 Å². The molecule has 0 saturated heterocycles. The number of rotatable bonds is 3. The third-order valence-electron chi connectivity index (χ3n) is 2.13. The Morgan fingerprint density at radius 1 is 1.12 bits per heavy atom. The van der Waals surface area contributed by atoms with Crippen LogP contribution in [-0.2, 0) is 5.75 Å². The number of pyridine rings is 1. The summed E-state index contributed by atoms with van der Waals surface area (Å²) in [6.07, 6.45) is 3.31. The monoisotopic (exact) mass is 253 g/mol. The van der Waals surface area contributed by atoms with Crippen LogP contribution in [0, 0.1) is 11.6 Å². The van der Waals surface area contributed by atoms with Gasteiger partial charge in [0.25, 0.3) is 0 Å². The fourth-order valence-corrected chi connectivity index (χ4v) is 2.12. The average molecular weight is 253 g/mol. The maximum Gasteiger partial charge on any atom is 0.187 e. The summed E-state index contributed by atoms with van der Waals surface area (Å²) in [6.45, 7) is 0. The zero-order valence-electron chi connectivity index (χ0n) is 8.73. The van der Waals surface area contributed by atoms with Crippen LogP contribution in [-0.4, -0.2) is 10.1 Å². The van der Waals surface area contributed by atoms with E-state index in [9.17, 15) is 8.78 Å². The van der Waals surface area contributed by atoms with Gasteiger partial charge in [-0.25, -0.2) is 8.78 Å². The van der Waals surface area contributed by atoms with Crippen molar-refractivity contribution in [1.29, 1.82) is 0 Å². The molecule has 0 radical (unpaired) electrons. The first-order valence-electron chi connectivity index (χ1n) is 4.86. The Morgan fingerprint density at radius 2 is 1.71 bits per heavy atom. The summed E-state index contributed by atoms with van der Waals surface area (Å²) < 4.78 is 26.1. The average Bonchev–Trinajstić information content (AvgIpc) is 2.34. The second-order valence-electron chi connectivity index (χ2n) is 3.38. The van der Waals surface area contributed by atoms with Crippen LogP contribution in [0.1, 0.15) is 5.56 Å². The van der Waals surface area contributed by atoms with Gasteiger partial charge in [-0.1, -0.05) is 0 Å². The highest BCUT2D eigenvalue weighted by Gasteiger charge is 2.09. The fraction of sp³-hybridized carbons (Fsp3) is 0.0833. The summed E-state index contributed by atoms with van der Waals surface area (Å²) >= 11 is 1.44. The minimum Gasteiger partial charge on any atom is -0.503 e. The molecule has 0 aliphatic rings. The minimum atomic E-state index is -0.935. The molecule has 2 nitrogen and oxygen atoms in total. The highest BCUT2D eigenvalue weighted by molar-refractivity contribution is 7.98. The van der Waals surface area contributed by atoms with Crippen molar-refractivity contribution in [2.24, 2.45) is 0 Å². The summed E-state index contributed by atoms with van der Waals surface area (Å²) in [6, 6.07) is 5.90. The van der Waals surface area contributed by atoms with Crippen LogP contribution in [0.15, 0.2) is 41.6 Å². The Balaban J connectivity index is 2.10. The molecule has 0 saturated carbocycles. The van der Waals surface area contributed by atoms with Gasteiger partial charge in [0, 0.05) is 23.0 Å². The first-order valence-corrected chi connectivity index (χ1v) is 5.85. The SMILES string of the molecule is Oc1c(F)cc(CSc2ccncc2)cc1F.